The van der Waals surface area contributed by atoms with Gasteiger partial charge in [-0.1, -0.05) is 43.5 Å². The van der Waals surface area contributed by atoms with Crippen molar-refractivity contribution in [2.75, 3.05) is 6.54 Å². The van der Waals surface area contributed by atoms with Crippen molar-refractivity contribution in [3.8, 4) is 5.75 Å². The van der Waals surface area contributed by atoms with Crippen LogP contribution in [0.3, 0.4) is 0 Å². The highest BCUT2D eigenvalue weighted by Crippen LogP contribution is 2.38. The van der Waals surface area contributed by atoms with E-state index in [0.717, 1.165) is 47.8 Å². The SMILES string of the molecule is C[C@@](Cc1c[nH]c2ccccc12)(NC(=O)Oc1ccsc1)C(=O)NCC1(c2ccccn2)CCCCC1. The Morgan fingerprint density at radius 1 is 1.11 bits per heavy atom. The van der Waals surface area contributed by atoms with Crippen LogP contribution in [0, 0.1) is 0 Å². The van der Waals surface area contributed by atoms with Crippen molar-refractivity contribution in [1.82, 2.24) is 20.6 Å². The summed E-state index contributed by atoms with van der Waals surface area (Å²) >= 11 is 1.44. The number of rotatable bonds is 8. The number of aromatic amines is 1. The number of para-hydroxylation sites is 1. The first-order valence-electron chi connectivity index (χ1n) is 12.7. The van der Waals surface area contributed by atoms with Crippen LogP contribution in [0.4, 0.5) is 4.79 Å². The maximum absolute atomic E-state index is 13.9. The van der Waals surface area contributed by atoms with Crippen LogP contribution >= 0.6 is 11.3 Å². The lowest BCUT2D eigenvalue weighted by Crippen LogP contribution is -2.60. The van der Waals surface area contributed by atoms with Gasteiger partial charge in [0.15, 0.2) is 0 Å². The number of thiophene rings is 1. The van der Waals surface area contributed by atoms with Crippen LogP contribution in [0.1, 0.15) is 50.3 Å². The summed E-state index contributed by atoms with van der Waals surface area (Å²) in [7, 11) is 0. The first-order valence-corrected chi connectivity index (χ1v) is 13.7. The second-order valence-electron chi connectivity index (χ2n) is 10.1. The van der Waals surface area contributed by atoms with Crippen molar-refractivity contribution >= 4 is 34.2 Å². The maximum Gasteiger partial charge on any atom is 0.413 e. The normalized spacial score (nSPS) is 16.6. The number of nitrogens with zero attached hydrogens (tertiary/aromatic N) is 1. The molecule has 1 aliphatic rings. The van der Waals surface area contributed by atoms with E-state index in [-0.39, 0.29) is 11.3 Å². The average Bonchev–Trinajstić information content (AvgIpc) is 3.58. The fourth-order valence-electron chi connectivity index (χ4n) is 5.38. The molecule has 1 aliphatic carbocycles. The summed E-state index contributed by atoms with van der Waals surface area (Å²) in [6.45, 7) is 2.22. The van der Waals surface area contributed by atoms with E-state index in [0.29, 0.717) is 18.7 Å². The number of pyridine rings is 1. The van der Waals surface area contributed by atoms with E-state index in [1.807, 2.05) is 54.2 Å². The van der Waals surface area contributed by atoms with E-state index in [1.54, 1.807) is 18.4 Å². The van der Waals surface area contributed by atoms with Gasteiger partial charge >= 0.3 is 6.09 Å². The van der Waals surface area contributed by atoms with Gasteiger partial charge in [0, 0.05) is 52.8 Å². The van der Waals surface area contributed by atoms with Gasteiger partial charge in [0.05, 0.1) is 0 Å². The van der Waals surface area contributed by atoms with Gasteiger partial charge < -0.3 is 20.4 Å². The smallest absolute Gasteiger partial charge is 0.409 e. The molecule has 0 radical (unpaired) electrons. The molecule has 0 unspecified atom stereocenters. The number of carbonyl (C=O) groups is 2. The molecule has 1 fully saturated rings. The quantitative estimate of drug-likeness (QED) is 0.279. The van der Waals surface area contributed by atoms with E-state index in [9.17, 15) is 9.59 Å². The van der Waals surface area contributed by atoms with Gasteiger partial charge in [0.25, 0.3) is 0 Å². The minimum absolute atomic E-state index is 0.214. The van der Waals surface area contributed by atoms with Gasteiger partial charge in [-0.3, -0.25) is 9.78 Å². The van der Waals surface area contributed by atoms with Crippen LogP contribution in [0.5, 0.6) is 5.75 Å². The molecule has 0 saturated heterocycles. The molecule has 4 aromatic rings. The minimum Gasteiger partial charge on any atom is -0.409 e. The minimum atomic E-state index is -1.24. The number of benzene rings is 1. The van der Waals surface area contributed by atoms with Crippen LogP contribution in [-0.4, -0.2) is 34.1 Å². The van der Waals surface area contributed by atoms with Crippen molar-refractivity contribution < 1.29 is 14.3 Å². The zero-order chi connectivity index (χ0) is 25.7. The Labute approximate surface area is 220 Å². The predicted octanol–water partition coefficient (Wildman–Crippen LogP) is 5.73. The van der Waals surface area contributed by atoms with Crippen molar-refractivity contribution in [2.24, 2.45) is 0 Å². The fraction of sp³-hybridized carbons (Fsp3) is 0.345. The molecule has 2 amide bonds. The first kappa shape index (κ1) is 25.0. The average molecular weight is 517 g/mol. The van der Waals surface area contributed by atoms with Gasteiger partial charge in [-0.05, 0) is 55.0 Å². The van der Waals surface area contributed by atoms with E-state index in [4.69, 9.17) is 4.74 Å². The first-order chi connectivity index (χ1) is 18.0. The fourth-order valence-corrected chi connectivity index (χ4v) is 5.93. The third-order valence-corrected chi connectivity index (χ3v) is 8.07. The molecule has 7 nitrogen and oxygen atoms in total. The molecule has 0 spiro atoms. The van der Waals surface area contributed by atoms with Gasteiger partial charge in [0.1, 0.15) is 11.3 Å². The number of H-pyrrole nitrogens is 1. The Balaban J connectivity index is 1.39. The lowest BCUT2D eigenvalue weighted by atomic mass is 9.71. The van der Waals surface area contributed by atoms with Crippen LogP contribution in [0.2, 0.25) is 0 Å². The number of ether oxygens (including phenoxy) is 1. The van der Waals surface area contributed by atoms with Crippen LogP contribution in [0.25, 0.3) is 10.9 Å². The van der Waals surface area contributed by atoms with Gasteiger partial charge in [-0.15, -0.1) is 11.3 Å². The summed E-state index contributed by atoms with van der Waals surface area (Å²) in [6, 6.07) is 15.6. The summed E-state index contributed by atoms with van der Waals surface area (Å²) in [6.07, 6.45) is 8.69. The summed E-state index contributed by atoms with van der Waals surface area (Å²) < 4.78 is 5.45. The summed E-state index contributed by atoms with van der Waals surface area (Å²) in [4.78, 5) is 34.7. The molecule has 192 valence electrons. The molecule has 1 atom stereocenters. The Morgan fingerprint density at radius 2 is 1.92 bits per heavy atom. The van der Waals surface area contributed by atoms with E-state index >= 15 is 0 Å². The molecule has 0 bridgehead atoms. The molecule has 5 rings (SSSR count). The molecular formula is C29H32N4O3S. The molecular weight excluding hydrogens is 484 g/mol. The molecule has 1 aromatic carbocycles. The number of nitrogens with one attached hydrogen (secondary N) is 3. The van der Waals surface area contributed by atoms with E-state index in [2.05, 4.69) is 26.7 Å². The number of aromatic nitrogens is 2. The molecule has 3 heterocycles. The zero-order valence-corrected chi connectivity index (χ0v) is 21.8. The standard InChI is InChI=1S/C29H32N4O3S/c1-28(33-27(35)36-22-12-16-37-19-22,17-21-18-31-24-10-4-3-9-23(21)24)26(34)32-20-29(13-6-2-7-14-29)25-11-5-8-15-30-25/h3-5,8-12,15-16,18-19,31H,2,6-7,13-14,17,20H2,1H3,(H,32,34)(H,33,35)/t28-/m0/s1. The zero-order valence-electron chi connectivity index (χ0n) is 21.0. The monoisotopic (exact) mass is 516 g/mol. The van der Waals surface area contributed by atoms with Crippen LogP contribution in [-0.2, 0) is 16.6 Å². The molecule has 1 saturated carbocycles. The third kappa shape index (κ3) is 5.54. The second-order valence-corrected chi connectivity index (χ2v) is 10.9. The molecule has 0 aliphatic heterocycles. The highest BCUT2D eigenvalue weighted by atomic mass is 32.1. The summed E-state index contributed by atoms with van der Waals surface area (Å²) in [5, 5.41) is 10.7. The van der Waals surface area contributed by atoms with Gasteiger partial charge in [-0.25, -0.2) is 4.79 Å². The number of fused-ring (bicyclic) bond motifs is 1. The summed E-state index contributed by atoms with van der Waals surface area (Å²) in [5.41, 5.74) is 1.49. The number of carbonyl (C=O) groups excluding carboxylic acids is 2. The summed E-state index contributed by atoms with van der Waals surface area (Å²) in [5.74, 6) is 0.203. The van der Waals surface area contributed by atoms with E-state index < -0.39 is 11.6 Å². The molecule has 3 aromatic heterocycles. The number of hydrogen-bond donors (Lipinski definition) is 3. The lowest BCUT2D eigenvalue weighted by Gasteiger charge is -2.38. The van der Waals surface area contributed by atoms with Crippen molar-refractivity contribution in [1.29, 1.82) is 0 Å². The van der Waals surface area contributed by atoms with Crippen LogP contribution in [0.15, 0.2) is 71.7 Å². The maximum atomic E-state index is 13.9. The Hall–Kier alpha value is -3.65. The highest BCUT2D eigenvalue weighted by molar-refractivity contribution is 7.08. The van der Waals surface area contributed by atoms with Gasteiger partial charge in [0.2, 0.25) is 5.91 Å². The Bertz CT molecular complexity index is 1350. The second kappa shape index (κ2) is 10.8. The topological polar surface area (TPSA) is 96.1 Å². The molecule has 37 heavy (non-hydrogen) atoms. The molecule has 8 heteroatoms. The Morgan fingerprint density at radius 3 is 2.68 bits per heavy atom. The molecule has 3 N–H and O–H groups in total. The number of amides is 2. The van der Waals surface area contributed by atoms with Gasteiger partial charge in [-0.2, -0.15) is 0 Å². The largest absolute Gasteiger partial charge is 0.413 e. The van der Waals surface area contributed by atoms with Crippen molar-refractivity contribution in [3.05, 3.63) is 82.9 Å². The number of hydrogen-bond acceptors (Lipinski definition) is 5. The lowest BCUT2D eigenvalue weighted by molar-refractivity contribution is -0.127. The Kier molecular flexibility index (Phi) is 7.28. The van der Waals surface area contributed by atoms with Crippen molar-refractivity contribution in [2.45, 2.75) is 56.4 Å². The third-order valence-electron chi connectivity index (χ3n) is 7.41. The van der Waals surface area contributed by atoms with Crippen LogP contribution < -0.4 is 15.4 Å². The highest BCUT2D eigenvalue weighted by Gasteiger charge is 2.40. The van der Waals surface area contributed by atoms with Crippen molar-refractivity contribution in [3.63, 3.8) is 0 Å². The van der Waals surface area contributed by atoms with E-state index in [1.165, 1.54) is 17.8 Å². The predicted molar refractivity (Wildman–Crippen MR) is 146 cm³/mol.